The molecule has 0 aliphatic rings. The quantitative estimate of drug-likeness (QED) is 0.844. The molecule has 0 bridgehead atoms. The van der Waals surface area contributed by atoms with Crippen LogP contribution in [0.1, 0.15) is 24.2 Å². The molecule has 1 aromatic rings. The highest BCUT2D eigenvalue weighted by Crippen LogP contribution is 2.22. The minimum Gasteiger partial charge on any atom is -0.406 e. The molecule has 0 aliphatic heterocycles. The van der Waals surface area contributed by atoms with E-state index >= 15 is 0 Å². The maximum atomic E-state index is 12.0. The van der Waals surface area contributed by atoms with Crippen LogP contribution in [0.3, 0.4) is 0 Å². The van der Waals surface area contributed by atoms with Crippen LogP contribution >= 0.6 is 11.6 Å². The van der Waals surface area contributed by atoms with Crippen molar-refractivity contribution in [1.29, 1.82) is 0 Å². The van der Waals surface area contributed by atoms with Crippen molar-refractivity contribution in [2.45, 2.75) is 20.2 Å². The Balaban J connectivity index is 2.62. The Labute approximate surface area is 120 Å². The first-order valence-electron chi connectivity index (χ1n) is 5.83. The second kappa shape index (κ2) is 6.35. The van der Waals surface area contributed by atoms with Crippen molar-refractivity contribution < 1.29 is 22.7 Å². The van der Waals surface area contributed by atoms with Gasteiger partial charge in [0.1, 0.15) is 5.75 Å². The molecule has 1 aromatic carbocycles. The first-order valence-corrected chi connectivity index (χ1v) is 6.36. The summed E-state index contributed by atoms with van der Waals surface area (Å²) in [5.74, 6) is -0.358. The van der Waals surface area contributed by atoms with E-state index in [0.29, 0.717) is 12.4 Å². The van der Waals surface area contributed by atoms with Gasteiger partial charge in [0, 0.05) is 18.0 Å². The first-order chi connectivity index (χ1) is 9.13. The minimum atomic E-state index is -4.74. The minimum absolute atomic E-state index is 0.253. The topological polar surface area (TPSA) is 38.3 Å². The summed E-state index contributed by atoms with van der Waals surface area (Å²) in [5.41, 5.74) is 0.00111. The molecule has 0 saturated carbocycles. The van der Waals surface area contributed by atoms with E-state index in [4.69, 9.17) is 11.6 Å². The Kier molecular flexibility index (Phi) is 5.28. The molecule has 20 heavy (non-hydrogen) atoms. The lowest BCUT2D eigenvalue weighted by Crippen LogP contribution is -2.34. The van der Waals surface area contributed by atoms with Gasteiger partial charge in [0.2, 0.25) is 0 Å². The predicted octanol–water partition coefficient (Wildman–Crippen LogP) is 3.58. The van der Waals surface area contributed by atoms with Crippen LogP contribution < -0.4 is 10.1 Å². The lowest BCUT2D eigenvalue weighted by molar-refractivity contribution is -0.274. The average molecular weight is 310 g/mol. The Morgan fingerprint density at radius 2 is 1.80 bits per heavy atom. The molecule has 0 radical (unpaired) electrons. The van der Waals surface area contributed by atoms with Gasteiger partial charge in [-0.25, -0.2) is 0 Å². The van der Waals surface area contributed by atoms with Crippen LogP contribution in [0, 0.1) is 5.41 Å². The van der Waals surface area contributed by atoms with E-state index in [-0.39, 0.29) is 22.6 Å². The number of carbonyl (C=O) groups excluding carboxylic acids is 1. The molecule has 0 spiro atoms. The number of nitrogens with one attached hydrogen (secondary N) is 1. The van der Waals surface area contributed by atoms with Crippen LogP contribution in [0.4, 0.5) is 13.2 Å². The van der Waals surface area contributed by atoms with E-state index in [2.05, 4.69) is 10.1 Å². The van der Waals surface area contributed by atoms with Gasteiger partial charge in [-0.1, -0.05) is 13.8 Å². The zero-order chi connectivity index (χ0) is 15.4. The third-order valence-corrected chi connectivity index (χ3v) is 3.16. The number of hydrogen-bond donors (Lipinski definition) is 1. The fourth-order valence-electron chi connectivity index (χ4n) is 1.28. The van der Waals surface area contributed by atoms with Crippen molar-refractivity contribution in [2.75, 3.05) is 12.4 Å². The van der Waals surface area contributed by atoms with Gasteiger partial charge in [0.25, 0.3) is 5.91 Å². The lowest BCUT2D eigenvalue weighted by atomic mass is 9.96. The van der Waals surface area contributed by atoms with Gasteiger partial charge in [0.05, 0.1) is 0 Å². The number of ether oxygens (including phenoxy) is 1. The molecule has 0 aromatic heterocycles. The zero-order valence-electron chi connectivity index (χ0n) is 11.1. The molecule has 0 unspecified atom stereocenters. The van der Waals surface area contributed by atoms with Crippen LogP contribution in [-0.2, 0) is 0 Å². The monoisotopic (exact) mass is 309 g/mol. The van der Waals surface area contributed by atoms with Crippen LogP contribution in [0.5, 0.6) is 5.75 Å². The summed E-state index contributed by atoms with van der Waals surface area (Å²) in [5, 5.41) is 2.67. The number of alkyl halides is 4. The molecule has 7 heteroatoms. The highest BCUT2D eigenvalue weighted by Gasteiger charge is 2.31. The van der Waals surface area contributed by atoms with Crippen molar-refractivity contribution in [3.8, 4) is 5.75 Å². The average Bonchev–Trinajstić information content (AvgIpc) is 2.35. The van der Waals surface area contributed by atoms with Gasteiger partial charge in [-0.3, -0.25) is 4.79 Å². The lowest BCUT2D eigenvalue weighted by Gasteiger charge is -2.21. The molecule has 0 aliphatic carbocycles. The van der Waals surface area contributed by atoms with Crippen LogP contribution in [0.15, 0.2) is 24.3 Å². The Morgan fingerprint density at radius 3 is 2.25 bits per heavy atom. The normalized spacial score (nSPS) is 12.1. The smallest absolute Gasteiger partial charge is 0.406 e. The standard InChI is InChI=1S/C13H15ClF3NO2/c1-12(2,7-14)8-18-11(19)9-3-5-10(6-4-9)20-13(15,16)17/h3-6H,7-8H2,1-2H3,(H,18,19). The van der Waals surface area contributed by atoms with E-state index in [1.807, 2.05) is 13.8 Å². The van der Waals surface area contributed by atoms with E-state index in [0.717, 1.165) is 12.1 Å². The first kappa shape index (κ1) is 16.6. The van der Waals surface area contributed by atoms with E-state index in [1.54, 1.807) is 0 Å². The number of carbonyl (C=O) groups is 1. The summed E-state index contributed by atoms with van der Waals surface area (Å²) in [6.45, 7) is 4.15. The third kappa shape index (κ3) is 5.69. The molecule has 0 fully saturated rings. The van der Waals surface area contributed by atoms with E-state index in [9.17, 15) is 18.0 Å². The van der Waals surface area contributed by atoms with Crippen molar-refractivity contribution in [3.05, 3.63) is 29.8 Å². The van der Waals surface area contributed by atoms with Gasteiger partial charge < -0.3 is 10.1 Å². The van der Waals surface area contributed by atoms with Gasteiger partial charge >= 0.3 is 6.36 Å². The number of rotatable bonds is 5. The maximum Gasteiger partial charge on any atom is 0.573 e. The SMILES string of the molecule is CC(C)(CCl)CNC(=O)c1ccc(OC(F)(F)F)cc1. The molecular weight excluding hydrogens is 295 g/mol. The third-order valence-electron chi connectivity index (χ3n) is 2.44. The van der Waals surface area contributed by atoms with Gasteiger partial charge in [-0.05, 0) is 29.7 Å². The fraction of sp³-hybridized carbons (Fsp3) is 0.462. The zero-order valence-corrected chi connectivity index (χ0v) is 11.8. The summed E-state index contributed by atoms with van der Waals surface area (Å²) in [6, 6.07) is 4.72. The summed E-state index contributed by atoms with van der Waals surface area (Å²) >= 11 is 5.73. The molecule has 0 atom stereocenters. The molecule has 1 rings (SSSR count). The van der Waals surface area contributed by atoms with Gasteiger partial charge in [0.15, 0.2) is 0 Å². The van der Waals surface area contributed by atoms with Crippen LogP contribution in [-0.4, -0.2) is 24.7 Å². The van der Waals surface area contributed by atoms with Crippen molar-refractivity contribution >= 4 is 17.5 Å². The maximum absolute atomic E-state index is 12.0. The molecule has 3 nitrogen and oxygen atoms in total. The van der Waals surface area contributed by atoms with Gasteiger partial charge in [-0.2, -0.15) is 0 Å². The number of hydrogen-bond acceptors (Lipinski definition) is 2. The Bertz CT molecular complexity index is 458. The Hall–Kier alpha value is -1.43. The highest BCUT2D eigenvalue weighted by molar-refractivity contribution is 6.18. The van der Waals surface area contributed by atoms with E-state index in [1.165, 1.54) is 12.1 Å². The van der Waals surface area contributed by atoms with Crippen LogP contribution in [0.2, 0.25) is 0 Å². The molecular formula is C13H15ClF3NO2. The van der Waals surface area contributed by atoms with Crippen molar-refractivity contribution in [2.24, 2.45) is 5.41 Å². The molecule has 0 heterocycles. The Morgan fingerprint density at radius 1 is 1.25 bits per heavy atom. The molecule has 1 N–H and O–H groups in total. The summed E-state index contributed by atoms with van der Waals surface area (Å²) in [7, 11) is 0. The largest absolute Gasteiger partial charge is 0.573 e. The second-order valence-corrected chi connectivity index (χ2v) is 5.32. The van der Waals surface area contributed by atoms with E-state index < -0.39 is 6.36 Å². The molecule has 112 valence electrons. The van der Waals surface area contributed by atoms with Crippen molar-refractivity contribution in [3.63, 3.8) is 0 Å². The van der Waals surface area contributed by atoms with Crippen molar-refractivity contribution in [1.82, 2.24) is 5.32 Å². The van der Waals surface area contributed by atoms with Crippen LogP contribution in [0.25, 0.3) is 0 Å². The summed E-state index contributed by atoms with van der Waals surface area (Å²) < 4.78 is 39.7. The summed E-state index contributed by atoms with van der Waals surface area (Å²) in [4.78, 5) is 11.8. The molecule has 0 saturated heterocycles. The summed E-state index contributed by atoms with van der Waals surface area (Å²) in [6.07, 6.45) is -4.74. The molecule has 1 amide bonds. The fourth-order valence-corrected chi connectivity index (χ4v) is 1.37. The second-order valence-electron chi connectivity index (χ2n) is 5.05. The highest BCUT2D eigenvalue weighted by atomic mass is 35.5. The number of benzene rings is 1. The number of amides is 1. The predicted molar refractivity (Wildman–Crippen MR) is 70.0 cm³/mol. The number of halogens is 4. The van der Waals surface area contributed by atoms with Gasteiger partial charge in [-0.15, -0.1) is 24.8 Å².